The molecule has 0 radical (unpaired) electrons. The molecule has 6 heteroatoms. The van der Waals surface area contributed by atoms with Crippen molar-refractivity contribution in [1.82, 2.24) is 0 Å². The van der Waals surface area contributed by atoms with Gasteiger partial charge in [-0.1, -0.05) is 18.2 Å². The van der Waals surface area contributed by atoms with Gasteiger partial charge in [-0.05, 0) is 45.9 Å². The highest BCUT2D eigenvalue weighted by molar-refractivity contribution is 5.85. The molecule has 0 fully saturated rings. The molecular weight excluding hydrogens is 372 g/mol. The maximum absolute atomic E-state index is 13.1. The van der Waals surface area contributed by atoms with Crippen LogP contribution in [0.5, 0.6) is 11.5 Å². The molecule has 0 unspecified atom stereocenters. The number of esters is 1. The maximum atomic E-state index is 13.1. The highest BCUT2D eigenvalue weighted by atomic mass is 16.6. The number of benzene rings is 2. The van der Waals surface area contributed by atoms with Crippen molar-refractivity contribution < 1.29 is 23.4 Å². The van der Waals surface area contributed by atoms with E-state index in [0.717, 1.165) is 0 Å². The third-order valence-corrected chi connectivity index (χ3v) is 4.19. The van der Waals surface area contributed by atoms with Crippen molar-refractivity contribution >= 4 is 16.9 Å². The van der Waals surface area contributed by atoms with Gasteiger partial charge in [-0.2, -0.15) is 0 Å². The fourth-order valence-corrected chi connectivity index (χ4v) is 3.05. The first-order valence-electron chi connectivity index (χ1n) is 9.25. The van der Waals surface area contributed by atoms with Crippen molar-refractivity contribution in [2.24, 2.45) is 0 Å². The molecule has 0 saturated heterocycles. The normalized spacial score (nSPS) is 11.3. The molecule has 2 aromatic carbocycles. The number of aryl methyl sites for hydroxylation is 1. The first-order chi connectivity index (χ1) is 13.7. The molecule has 0 saturated carbocycles. The molecule has 1 aromatic heterocycles. The summed E-state index contributed by atoms with van der Waals surface area (Å²) in [6.45, 7) is 6.87. The highest BCUT2D eigenvalue weighted by Crippen LogP contribution is 2.32. The summed E-state index contributed by atoms with van der Waals surface area (Å²) in [6, 6.07) is 12.2. The lowest BCUT2D eigenvalue weighted by Crippen LogP contribution is -2.27. The van der Waals surface area contributed by atoms with Crippen molar-refractivity contribution in [3.8, 4) is 22.6 Å². The summed E-state index contributed by atoms with van der Waals surface area (Å²) in [5.41, 5.74) is 0.772. The van der Waals surface area contributed by atoms with Gasteiger partial charge in [-0.15, -0.1) is 0 Å². The minimum atomic E-state index is -0.581. The Bertz CT molecular complexity index is 1100. The second-order valence-corrected chi connectivity index (χ2v) is 7.60. The van der Waals surface area contributed by atoms with Gasteiger partial charge in [0, 0.05) is 11.6 Å². The van der Waals surface area contributed by atoms with Crippen LogP contribution in [0.1, 0.15) is 26.5 Å². The van der Waals surface area contributed by atoms with Crippen molar-refractivity contribution in [3.63, 3.8) is 0 Å². The van der Waals surface area contributed by atoms with Gasteiger partial charge in [0.05, 0.1) is 18.1 Å². The fraction of sp³-hybridized carbons (Fsp3) is 0.304. The van der Waals surface area contributed by atoms with Crippen LogP contribution < -0.4 is 14.9 Å². The van der Waals surface area contributed by atoms with Crippen LogP contribution in [0, 0.1) is 6.92 Å². The molecule has 0 amide bonds. The molecule has 0 N–H and O–H groups in total. The third-order valence-electron chi connectivity index (χ3n) is 4.19. The second-order valence-electron chi connectivity index (χ2n) is 7.60. The molecule has 29 heavy (non-hydrogen) atoms. The molecule has 6 nitrogen and oxygen atoms in total. The Morgan fingerprint density at radius 3 is 2.52 bits per heavy atom. The van der Waals surface area contributed by atoms with Crippen LogP contribution in [0.25, 0.3) is 22.1 Å². The van der Waals surface area contributed by atoms with Crippen molar-refractivity contribution in [2.45, 2.75) is 33.3 Å². The first-order valence-corrected chi connectivity index (χ1v) is 9.25. The molecule has 0 aliphatic rings. The van der Waals surface area contributed by atoms with Gasteiger partial charge < -0.3 is 18.6 Å². The van der Waals surface area contributed by atoms with E-state index in [1.165, 1.54) is 0 Å². The van der Waals surface area contributed by atoms with Gasteiger partial charge >= 0.3 is 5.97 Å². The highest BCUT2D eigenvalue weighted by Gasteiger charge is 2.19. The Labute approximate surface area is 169 Å². The largest absolute Gasteiger partial charge is 0.496 e. The summed E-state index contributed by atoms with van der Waals surface area (Å²) in [4.78, 5) is 25.0. The quantitative estimate of drug-likeness (QED) is 0.591. The topological polar surface area (TPSA) is 75.0 Å². The summed E-state index contributed by atoms with van der Waals surface area (Å²) in [5.74, 6) is 1.01. The number of ether oxygens (including phenoxy) is 3. The van der Waals surface area contributed by atoms with Crippen molar-refractivity contribution in [3.05, 3.63) is 58.4 Å². The summed E-state index contributed by atoms with van der Waals surface area (Å²) in [6.07, 6.45) is 0. The summed E-state index contributed by atoms with van der Waals surface area (Å²) in [7, 11) is 1.56. The molecule has 3 aromatic rings. The fourth-order valence-electron chi connectivity index (χ4n) is 3.05. The SMILES string of the molecule is COc1ccccc1-c1c(C)oc2cc(OCC(=O)OC(C)(C)C)ccc2c1=O. The number of carbonyl (C=O) groups is 1. The van der Waals surface area contributed by atoms with Crippen LogP contribution in [0.2, 0.25) is 0 Å². The number of hydrogen-bond donors (Lipinski definition) is 0. The minimum absolute atomic E-state index is 0.160. The average molecular weight is 396 g/mol. The van der Waals surface area contributed by atoms with E-state index in [1.54, 1.807) is 59.1 Å². The van der Waals surface area contributed by atoms with Crippen LogP contribution in [-0.4, -0.2) is 25.3 Å². The average Bonchev–Trinajstić information content (AvgIpc) is 2.65. The van der Waals surface area contributed by atoms with Gasteiger partial charge in [0.25, 0.3) is 0 Å². The summed E-state index contributed by atoms with van der Waals surface area (Å²) < 4.78 is 22.0. The Morgan fingerprint density at radius 1 is 1.10 bits per heavy atom. The van der Waals surface area contributed by atoms with E-state index in [2.05, 4.69) is 0 Å². The number of methoxy groups -OCH3 is 1. The van der Waals surface area contributed by atoms with Gasteiger partial charge in [0.2, 0.25) is 5.43 Å². The van der Waals surface area contributed by atoms with Crippen LogP contribution in [0.4, 0.5) is 0 Å². The van der Waals surface area contributed by atoms with Crippen LogP contribution in [-0.2, 0) is 9.53 Å². The van der Waals surface area contributed by atoms with E-state index in [4.69, 9.17) is 18.6 Å². The molecule has 1 heterocycles. The van der Waals surface area contributed by atoms with Crippen LogP contribution >= 0.6 is 0 Å². The van der Waals surface area contributed by atoms with E-state index in [1.807, 2.05) is 18.2 Å². The third kappa shape index (κ3) is 4.59. The smallest absolute Gasteiger partial charge is 0.344 e. The standard InChI is InChI=1S/C23H24O6/c1-14-21(16-8-6-7-9-18(16)26-5)22(25)17-11-10-15(12-19(17)28-14)27-13-20(24)29-23(2,3)4/h6-12H,13H2,1-5H3. The Balaban J connectivity index is 1.94. The predicted octanol–water partition coefficient (Wildman–Crippen LogP) is 4.50. The first kappa shape index (κ1) is 20.5. The minimum Gasteiger partial charge on any atom is -0.496 e. The Kier molecular flexibility index (Phi) is 5.64. The lowest BCUT2D eigenvalue weighted by Gasteiger charge is -2.19. The van der Waals surface area contributed by atoms with Crippen molar-refractivity contribution in [1.29, 1.82) is 0 Å². The van der Waals surface area contributed by atoms with E-state index < -0.39 is 11.6 Å². The molecular formula is C23H24O6. The molecule has 0 atom stereocenters. The lowest BCUT2D eigenvalue weighted by molar-refractivity contribution is -0.157. The number of para-hydroxylation sites is 1. The number of rotatable bonds is 5. The van der Waals surface area contributed by atoms with Crippen molar-refractivity contribution in [2.75, 3.05) is 13.7 Å². The number of carbonyl (C=O) groups excluding carboxylic acids is 1. The Morgan fingerprint density at radius 2 is 1.83 bits per heavy atom. The summed E-state index contributed by atoms with van der Waals surface area (Å²) >= 11 is 0. The predicted molar refractivity (Wildman–Crippen MR) is 111 cm³/mol. The van der Waals surface area contributed by atoms with E-state index in [9.17, 15) is 9.59 Å². The number of hydrogen-bond acceptors (Lipinski definition) is 6. The van der Waals surface area contributed by atoms with E-state index in [-0.39, 0.29) is 12.0 Å². The zero-order valence-electron chi connectivity index (χ0n) is 17.2. The molecule has 0 aliphatic heterocycles. The molecule has 3 rings (SSSR count). The number of fused-ring (bicyclic) bond motifs is 1. The lowest BCUT2D eigenvalue weighted by atomic mass is 10.0. The van der Waals surface area contributed by atoms with E-state index >= 15 is 0 Å². The van der Waals surface area contributed by atoms with Gasteiger partial charge in [-0.3, -0.25) is 4.79 Å². The molecule has 152 valence electrons. The molecule has 0 spiro atoms. The zero-order valence-corrected chi connectivity index (χ0v) is 17.2. The molecule has 0 aliphatic carbocycles. The second kappa shape index (κ2) is 7.99. The zero-order chi connectivity index (χ0) is 21.2. The van der Waals surface area contributed by atoms with Crippen LogP contribution in [0.15, 0.2) is 51.7 Å². The van der Waals surface area contributed by atoms with Gasteiger partial charge in [0.15, 0.2) is 6.61 Å². The van der Waals surface area contributed by atoms with E-state index in [0.29, 0.717) is 39.4 Å². The van der Waals surface area contributed by atoms with Crippen LogP contribution in [0.3, 0.4) is 0 Å². The van der Waals surface area contributed by atoms with Gasteiger partial charge in [0.1, 0.15) is 28.4 Å². The van der Waals surface area contributed by atoms with Gasteiger partial charge in [-0.25, -0.2) is 4.79 Å². The maximum Gasteiger partial charge on any atom is 0.344 e. The Hall–Kier alpha value is -3.28. The summed E-state index contributed by atoms with van der Waals surface area (Å²) in [5, 5.41) is 0.418. The monoisotopic (exact) mass is 396 g/mol. The molecule has 0 bridgehead atoms.